The second kappa shape index (κ2) is 9.83. The van der Waals surface area contributed by atoms with Crippen molar-refractivity contribution in [1.82, 2.24) is 9.62 Å². The first kappa shape index (κ1) is 25.2. The fraction of sp³-hybridized carbons (Fsp3) is 0.417. The molecular weight excluding hydrogens is 462 g/mol. The molecule has 1 saturated heterocycles. The molecule has 2 aromatic rings. The van der Waals surface area contributed by atoms with E-state index < -0.39 is 27.4 Å². The van der Waals surface area contributed by atoms with Gasteiger partial charge in [-0.05, 0) is 62.6 Å². The quantitative estimate of drug-likeness (QED) is 0.641. The molecule has 0 radical (unpaired) electrons. The Hall–Kier alpha value is -2.42. The summed E-state index contributed by atoms with van der Waals surface area (Å²) in [6.07, 6.45) is 0.766. The Labute approximate surface area is 200 Å². The molecule has 1 fully saturated rings. The van der Waals surface area contributed by atoms with E-state index in [2.05, 4.69) is 5.32 Å². The summed E-state index contributed by atoms with van der Waals surface area (Å²) in [6.45, 7) is 7.45. The highest BCUT2D eigenvalue weighted by molar-refractivity contribution is 7.89. The number of carbonyl (C=O) groups is 2. The van der Waals surface area contributed by atoms with Crippen LogP contribution in [0.3, 0.4) is 0 Å². The van der Waals surface area contributed by atoms with Crippen LogP contribution in [0.25, 0.3) is 0 Å². The Morgan fingerprint density at radius 1 is 1.12 bits per heavy atom. The van der Waals surface area contributed by atoms with Crippen molar-refractivity contribution in [3.63, 3.8) is 0 Å². The van der Waals surface area contributed by atoms with Gasteiger partial charge in [0.1, 0.15) is 5.54 Å². The number of rotatable bonds is 7. The number of aryl methyl sites for hydroxylation is 1. The molecule has 7 nitrogen and oxygen atoms in total. The van der Waals surface area contributed by atoms with Gasteiger partial charge in [0.15, 0.2) is 0 Å². The van der Waals surface area contributed by atoms with Crippen LogP contribution in [0, 0.1) is 12.8 Å². The van der Waals surface area contributed by atoms with E-state index in [1.165, 1.54) is 17.0 Å². The lowest BCUT2D eigenvalue weighted by atomic mass is 9.94. The molecule has 0 saturated carbocycles. The van der Waals surface area contributed by atoms with E-state index in [0.29, 0.717) is 23.2 Å². The number of benzene rings is 2. The lowest BCUT2D eigenvalue weighted by Gasteiger charge is -2.46. The molecular formula is C24H30ClN3O4S. The van der Waals surface area contributed by atoms with Crippen molar-refractivity contribution in [2.24, 2.45) is 5.92 Å². The monoisotopic (exact) mass is 491 g/mol. The standard InChI is InChI=1S/C24H30ClN3O4S/c1-17(2)13-14-26-23(30)24(4)16-27(33(31,32)21-11-5-18(3)6-12-21)15-22(29)28(24)20-9-7-19(25)8-10-20/h5-12,17H,13-16H2,1-4H3,(H,26,30). The number of amides is 2. The highest BCUT2D eigenvalue weighted by Gasteiger charge is 2.51. The van der Waals surface area contributed by atoms with Gasteiger partial charge in [-0.3, -0.25) is 14.5 Å². The molecule has 1 heterocycles. The molecule has 0 aliphatic carbocycles. The zero-order valence-electron chi connectivity index (χ0n) is 19.3. The Bertz CT molecular complexity index is 1120. The molecule has 1 unspecified atom stereocenters. The first-order valence-electron chi connectivity index (χ1n) is 10.9. The Kier molecular flexibility index (Phi) is 7.51. The third-order valence-corrected chi connectivity index (χ3v) is 7.84. The van der Waals surface area contributed by atoms with Crippen molar-refractivity contribution in [3.05, 3.63) is 59.1 Å². The third-order valence-electron chi connectivity index (χ3n) is 5.78. The van der Waals surface area contributed by atoms with Gasteiger partial charge >= 0.3 is 0 Å². The van der Waals surface area contributed by atoms with Gasteiger partial charge in [0.2, 0.25) is 21.8 Å². The van der Waals surface area contributed by atoms with Crippen molar-refractivity contribution in [2.45, 2.75) is 44.6 Å². The molecule has 0 bridgehead atoms. The number of halogens is 1. The SMILES string of the molecule is Cc1ccc(S(=O)(=O)N2CC(=O)N(c3ccc(Cl)cc3)C(C)(C(=O)NCCC(C)C)C2)cc1. The van der Waals surface area contributed by atoms with Crippen molar-refractivity contribution >= 4 is 39.1 Å². The number of sulfonamides is 1. The number of nitrogens with zero attached hydrogens (tertiary/aromatic N) is 2. The summed E-state index contributed by atoms with van der Waals surface area (Å²) in [6, 6.07) is 13.0. The van der Waals surface area contributed by atoms with Crippen LogP contribution in [0.15, 0.2) is 53.4 Å². The fourth-order valence-corrected chi connectivity index (χ4v) is 5.46. The molecule has 178 valence electrons. The van der Waals surface area contributed by atoms with Gasteiger partial charge in [-0.25, -0.2) is 8.42 Å². The van der Waals surface area contributed by atoms with Crippen molar-refractivity contribution < 1.29 is 18.0 Å². The van der Waals surface area contributed by atoms with E-state index in [4.69, 9.17) is 11.6 Å². The van der Waals surface area contributed by atoms with Crippen LogP contribution in [-0.2, 0) is 19.6 Å². The minimum absolute atomic E-state index is 0.0865. The molecule has 1 aliphatic heterocycles. The molecule has 0 spiro atoms. The topological polar surface area (TPSA) is 86.8 Å². The molecule has 2 amide bonds. The Balaban J connectivity index is 1.99. The second-order valence-electron chi connectivity index (χ2n) is 9.00. The number of hydrogen-bond acceptors (Lipinski definition) is 4. The van der Waals surface area contributed by atoms with Crippen molar-refractivity contribution in [2.75, 3.05) is 24.5 Å². The predicted octanol–water partition coefficient (Wildman–Crippen LogP) is 3.61. The minimum Gasteiger partial charge on any atom is -0.354 e. The van der Waals surface area contributed by atoms with Gasteiger partial charge in [-0.1, -0.05) is 43.1 Å². The van der Waals surface area contributed by atoms with Gasteiger partial charge in [0.05, 0.1) is 11.4 Å². The highest BCUT2D eigenvalue weighted by atomic mass is 35.5. The lowest BCUT2D eigenvalue weighted by Crippen LogP contribution is -2.70. The highest BCUT2D eigenvalue weighted by Crippen LogP contribution is 2.33. The molecule has 9 heteroatoms. The van der Waals surface area contributed by atoms with Crippen LogP contribution in [-0.4, -0.2) is 49.7 Å². The van der Waals surface area contributed by atoms with Gasteiger partial charge in [0, 0.05) is 23.8 Å². The molecule has 1 atom stereocenters. The first-order valence-corrected chi connectivity index (χ1v) is 12.7. The average Bonchev–Trinajstić information content (AvgIpc) is 2.74. The lowest BCUT2D eigenvalue weighted by molar-refractivity contribution is -0.132. The Morgan fingerprint density at radius 3 is 2.30 bits per heavy atom. The average molecular weight is 492 g/mol. The third kappa shape index (κ3) is 5.39. The zero-order chi connectivity index (χ0) is 24.4. The maximum Gasteiger partial charge on any atom is 0.247 e. The summed E-state index contributed by atoms with van der Waals surface area (Å²) in [5.74, 6) is -0.507. The number of piperazine rings is 1. The van der Waals surface area contributed by atoms with E-state index in [0.717, 1.165) is 16.3 Å². The van der Waals surface area contributed by atoms with Crippen molar-refractivity contribution in [1.29, 1.82) is 0 Å². The molecule has 3 rings (SSSR count). The molecule has 33 heavy (non-hydrogen) atoms. The molecule has 1 aliphatic rings. The summed E-state index contributed by atoms with van der Waals surface area (Å²) >= 11 is 6.01. The van der Waals surface area contributed by atoms with Crippen LogP contribution in [0.5, 0.6) is 0 Å². The first-order chi connectivity index (χ1) is 15.4. The minimum atomic E-state index is -3.98. The van der Waals surface area contributed by atoms with E-state index >= 15 is 0 Å². The summed E-state index contributed by atoms with van der Waals surface area (Å²) in [5.41, 5.74) is -0.0389. The number of anilines is 1. The summed E-state index contributed by atoms with van der Waals surface area (Å²) in [4.78, 5) is 28.2. The van der Waals surface area contributed by atoms with Crippen LogP contribution in [0.4, 0.5) is 5.69 Å². The summed E-state index contributed by atoms with van der Waals surface area (Å²) in [5, 5.41) is 3.39. The summed E-state index contributed by atoms with van der Waals surface area (Å²) < 4.78 is 27.8. The van der Waals surface area contributed by atoms with Crippen LogP contribution in [0.2, 0.25) is 5.02 Å². The fourth-order valence-electron chi connectivity index (χ4n) is 3.85. The molecule has 0 aromatic heterocycles. The van der Waals surface area contributed by atoms with Crippen molar-refractivity contribution in [3.8, 4) is 0 Å². The molecule has 2 aromatic carbocycles. The van der Waals surface area contributed by atoms with Gasteiger partial charge in [0.25, 0.3) is 0 Å². The number of carbonyl (C=O) groups excluding carboxylic acids is 2. The summed E-state index contributed by atoms with van der Waals surface area (Å²) in [7, 11) is -3.98. The molecule has 1 N–H and O–H groups in total. The van der Waals surface area contributed by atoms with Gasteiger partial charge in [-0.2, -0.15) is 4.31 Å². The zero-order valence-corrected chi connectivity index (χ0v) is 20.9. The van der Waals surface area contributed by atoms with Crippen LogP contribution < -0.4 is 10.2 Å². The van der Waals surface area contributed by atoms with Crippen LogP contribution in [0.1, 0.15) is 32.8 Å². The van der Waals surface area contributed by atoms with E-state index in [9.17, 15) is 18.0 Å². The maximum atomic E-state index is 13.4. The number of hydrogen-bond donors (Lipinski definition) is 1. The normalized spacial score (nSPS) is 19.7. The predicted molar refractivity (Wildman–Crippen MR) is 130 cm³/mol. The van der Waals surface area contributed by atoms with E-state index in [1.807, 2.05) is 20.8 Å². The smallest absolute Gasteiger partial charge is 0.247 e. The number of nitrogens with one attached hydrogen (secondary N) is 1. The largest absolute Gasteiger partial charge is 0.354 e. The maximum absolute atomic E-state index is 13.4. The van der Waals surface area contributed by atoms with Gasteiger partial charge < -0.3 is 5.32 Å². The second-order valence-corrected chi connectivity index (χ2v) is 11.4. The van der Waals surface area contributed by atoms with Gasteiger partial charge in [-0.15, -0.1) is 0 Å². The Morgan fingerprint density at radius 2 is 1.73 bits per heavy atom. The van der Waals surface area contributed by atoms with E-state index in [1.54, 1.807) is 43.3 Å². The van der Waals surface area contributed by atoms with E-state index in [-0.39, 0.29) is 18.0 Å². The van der Waals surface area contributed by atoms with Crippen LogP contribution >= 0.6 is 11.6 Å².